The normalized spacial score (nSPS) is 10.8. The number of anilines is 1. The Morgan fingerprint density at radius 3 is 2.69 bits per heavy atom. The van der Waals surface area contributed by atoms with Crippen molar-refractivity contribution < 1.29 is 9.53 Å². The van der Waals surface area contributed by atoms with E-state index < -0.39 is 0 Å². The molecule has 0 aliphatic carbocycles. The van der Waals surface area contributed by atoms with Crippen molar-refractivity contribution in [3.05, 3.63) is 65.2 Å². The lowest BCUT2D eigenvalue weighted by Gasteiger charge is -2.03. The Kier molecular flexibility index (Phi) is 4.18. The van der Waals surface area contributed by atoms with Gasteiger partial charge in [0.05, 0.1) is 12.8 Å². The number of ether oxygens (including phenoxy) is 1. The van der Waals surface area contributed by atoms with E-state index in [2.05, 4.69) is 21.4 Å². The highest BCUT2D eigenvalue weighted by Crippen LogP contribution is 2.33. The number of benzene rings is 2. The number of aromatic amines is 1. The summed E-state index contributed by atoms with van der Waals surface area (Å²) in [5.74, 6) is 0.525. The van der Waals surface area contributed by atoms with Gasteiger partial charge in [0, 0.05) is 33.1 Å². The number of carbonyl (C=O) groups excluding carboxylic acids is 1. The van der Waals surface area contributed by atoms with Crippen LogP contribution in [0.5, 0.6) is 5.75 Å². The summed E-state index contributed by atoms with van der Waals surface area (Å²) in [6.07, 6.45) is 0. The number of hydrogen-bond acceptors (Lipinski definition) is 4. The van der Waals surface area contributed by atoms with Crippen LogP contribution in [0.4, 0.5) is 5.13 Å². The first-order chi connectivity index (χ1) is 12.7. The van der Waals surface area contributed by atoms with Gasteiger partial charge < -0.3 is 9.72 Å². The third-order valence-electron chi connectivity index (χ3n) is 4.23. The Morgan fingerprint density at radius 1 is 1.15 bits per heavy atom. The number of methoxy groups -OCH3 is 1. The van der Waals surface area contributed by atoms with E-state index in [0.29, 0.717) is 16.4 Å². The molecule has 0 saturated heterocycles. The van der Waals surface area contributed by atoms with Crippen molar-refractivity contribution in [2.24, 2.45) is 0 Å². The molecule has 0 bridgehead atoms. The van der Waals surface area contributed by atoms with E-state index in [1.807, 2.05) is 30.5 Å². The lowest BCUT2D eigenvalue weighted by Crippen LogP contribution is -2.11. The van der Waals surface area contributed by atoms with Crippen LogP contribution in [0.3, 0.4) is 0 Å². The smallest absolute Gasteiger partial charge is 0.257 e. The van der Waals surface area contributed by atoms with Crippen LogP contribution >= 0.6 is 11.3 Å². The third-order valence-corrected chi connectivity index (χ3v) is 4.98. The van der Waals surface area contributed by atoms with Crippen molar-refractivity contribution in [2.45, 2.75) is 6.92 Å². The maximum atomic E-state index is 12.4. The summed E-state index contributed by atoms with van der Waals surface area (Å²) in [4.78, 5) is 20.4. The number of carbonyl (C=O) groups is 1. The highest BCUT2D eigenvalue weighted by Gasteiger charge is 2.15. The van der Waals surface area contributed by atoms with Gasteiger partial charge in [-0.1, -0.05) is 18.2 Å². The van der Waals surface area contributed by atoms with Gasteiger partial charge in [0.25, 0.3) is 5.91 Å². The highest BCUT2D eigenvalue weighted by molar-refractivity contribution is 7.14. The molecule has 2 N–H and O–H groups in total. The van der Waals surface area contributed by atoms with E-state index in [0.717, 1.165) is 27.9 Å². The van der Waals surface area contributed by atoms with Gasteiger partial charge in [0.2, 0.25) is 0 Å². The molecule has 0 unspecified atom stereocenters. The Bertz CT molecular complexity index is 1080. The minimum Gasteiger partial charge on any atom is -0.497 e. The van der Waals surface area contributed by atoms with Crippen molar-refractivity contribution in [3.8, 4) is 17.0 Å². The van der Waals surface area contributed by atoms with Crippen LogP contribution in [0.1, 0.15) is 16.1 Å². The maximum Gasteiger partial charge on any atom is 0.257 e. The number of nitrogens with one attached hydrogen (secondary N) is 2. The summed E-state index contributed by atoms with van der Waals surface area (Å²) in [6, 6.07) is 15.1. The van der Waals surface area contributed by atoms with Crippen molar-refractivity contribution in [1.82, 2.24) is 9.97 Å². The van der Waals surface area contributed by atoms with Gasteiger partial charge in [-0.2, -0.15) is 0 Å². The molecule has 5 nitrogen and oxygen atoms in total. The average molecular weight is 363 g/mol. The van der Waals surface area contributed by atoms with E-state index in [-0.39, 0.29) is 5.91 Å². The van der Waals surface area contributed by atoms with Crippen molar-refractivity contribution in [2.75, 3.05) is 12.4 Å². The van der Waals surface area contributed by atoms with Crippen LogP contribution in [0, 0.1) is 6.92 Å². The van der Waals surface area contributed by atoms with Crippen LogP contribution < -0.4 is 10.1 Å². The minimum atomic E-state index is -0.191. The largest absolute Gasteiger partial charge is 0.497 e. The molecule has 2 aromatic carbocycles. The Balaban J connectivity index is 1.59. The third kappa shape index (κ3) is 2.95. The number of thiazole rings is 1. The Labute approximate surface area is 154 Å². The van der Waals surface area contributed by atoms with E-state index >= 15 is 0 Å². The molecule has 0 spiro atoms. The molecular formula is C20H17N3O2S. The quantitative estimate of drug-likeness (QED) is 0.544. The van der Waals surface area contributed by atoms with Gasteiger partial charge in [-0.15, -0.1) is 11.3 Å². The first-order valence-electron chi connectivity index (χ1n) is 8.14. The number of H-pyrrole nitrogens is 1. The fraction of sp³-hybridized carbons (Fsp3) is 0.100. The second-order valence-electron chi connectivity index (χ2n) is 5.89. The summed E-state index contributed by atoms with van der Waals surface area (Å²) in [6.45, 7) is 2.03. The lowest BCUT2D eigenvalue weighted by molar-refractivity contribution is 0.102. The van der Waals surface area contributed by atoms with Gasteiger partial charge in [-0.25, -0.2) is 4.98 Å². The van der Waals surface area contributed by atoms with E-state index in [1.54, 1.807) is 31.4 Å². The summed E-state index contributed by atoms with van der Waals surface area (Å²) in [5, 5.41) is 6.53. The standard InChI is InChI=1S/C20H17N3O2S/c1-12-18(15-5-3-4-6-16(15)21-12)17-11-26-20(22-17)23-19(24)13-7-9-14(25-2)10-8-13/h3-11,21H,1-2H3,(H,22,23,24). The first kappa shape index (κ1) is 16.4. The monoisotopic (exact) mass is 363 g/mol. The number of amides is 1. The molecule has 130 valence electrons. The van der Waals surface area contributed by atoms with Gasteiger partial charge in [0.15, 0.2) is 5.13 Å². The zero-order valence-corrected chi connectivity index (χ0v) is 15.2. The SMILES string of the molecule is COc1ccc(C(=O)Nc2nc(-c3c(C)[nH]c4ccccc34)cs2)cc1. The molecule has 0 fully saturated rings. The molecule has 6 heteroatoms. The van der Waals surface area contributed by atoms with Gasteiger partial charge in [0.1, 0.15) is 5.75 Å². The van der Waals surface area contributed by atoms with Crippen LogP contribution in [0.25, 0.3) is 22.2 Å². The summed E-state index contributed by atoms with van der Waals surface area (Å²) >= 11 is 1.41. The topological polar surface area (TPSA) is 67.0 Å². The first-order valence-corrected chi connectivity index (χ1v) is 9.02. The molecule has 1 amide bonds. The number of para-hydroxylation sites is 1. The summed E-state index contributed by atoms with van der Waals surface area (Å²) < 4.78 is 5.11. The fourth-order valence-corrected chi connectivity index (χ4v) is 3.66. The molecule has 4 aromatic rings. The van der Waals surface area contributed by atoms with Gasteiger partial charge in [-0.05, 0) is 37.3 Å². The molecule has 26 heavy (non-hydrogen) atoms. The van der Waals surface area contributed by atoms with Gasteiger partial charge >= 0.3 is 0 Å². The van der Waals surface area contributed by atoms with E-state index in [9.17, 15) is 4.79 Å². The average Bonchev–Trinajstić information content (AvgIpc) is 3.24. The molecule has 0 saturated carbocycles. The molecule has 4 rings (SSSR count). The molecule has 2 aromatic heterocycles. The zero-order valence-electron chi connectivity index (χ0n) is 14.4. The predicted octanol–water partition coefficient (Wildman–Crippen LogP) is 4.86. The number of hydrogen-bond donors (Lipinski definition) is 2. The van der Waals surface area contributed by atoms with Crippen molar-refractivity contribution in [3.63, 3.8) is 0 Å². The molecule has 0 aliphatic rings. The molecule has 0 radical (unpaired) electrons. The second-order valence-corrected chi connectivity index (χ2v) is 6.75. The summed E-state index contributed by atoms with van der Waals surface area (Å²) in [5.41, 5.74) is 4.63. The zero-order chi connectivity index (χ0) is 18.1. The highest BCUT2D eigenvalue weighted by atomic mass is 32.1. The number of nitrogens with zero attached hydrogens (tertiary/aromatic N) is 1. The lowest BCUT2D eigenvalue weighted by atomic mass is 10.1. The second kappa shape index (κ2) is 6.65. The molecular weight excluding hydrogens is 346 g/mol. The maximum absolute atomic E-state index is 12.4. The minimum absolute atomic E-state index is 0.191. The number of aryl methyl sites for hydroxylation is 1. The van der Waals surface area contributed by atoms with Gasteiger partial charge in [-0.3, -0.25) is 10.1 Å². The Hall–Kier alpha value is -3.12. The molecule has 0 aliphatic heterocycles. The fourth-order valence-electron chi connectivity index (χ4n) is 2.96. The number of rotatable bonds is 4. The number of aromatic nitrogens is 2. The Morgan fingerprint density at radius 2 is 1.92 bits per heavy atom. The van der Waals surface area contributed by atoms with Crippen LogP contribution in [0.2, 0.25) is 0 Å². The summed E-state index contributed by atoms with van der Waals surface area (Å²) in [7, 11) is 1.60. The molecule has 2 heterocycles. The predicted molar refractivity (Wildman–Crippen MR) is 105 cm³/mol. The number of fused-ring (bicyclic) bond motifs is 1. The van der Waals surface area contributed by atoms with Crippen LogP contribution in [0.15, 0.2) is 53.9 Å². The van der Waals surface area contributed by atoms with Crippen LogP contribution in [-0.2, 0) is 0 Å². The van der Waals surface area contributed by atoms with Crippen molar-refractivity contribution >= 4 is 33.3 Å². The van der Waals surface area contributed by atoms with E-state index in [4.69, 9.17) is 4.74 Å². The van der Waals surface area contributed by atoms with E-state index in [1.165, 1.54) is 11.3 Å². The van der Waals surface area contributed by atoms with Crippen LogP contribution in [-0.4, -0.2) is 23.0 Å². The van der Waals surface area contributed by atoms with Crippen molar-refractivity contribution in [1.29, 1.82) is 0 Å². The molecule has 0 atom stereocenters.